The van der Waals surface area contributed by atoms with Crippen LogP contribution in [0.25, 0.3) is 10.8 Å². The summed E-state index contributed by atoms with van der Waals surface area (Å²) in [5, 5.41) is 5.30. The lowest BCUT2D eigenvalue weighted by atomic mass is 10.0. The van der Waals surface area contributed by atoms with E-state index in [1.807, 2.05) is 45.9 Å². The van der Waals surface area contributed by atoms with Gasteiger partial charge in [0.1, 0.15) is 6.04 Å². The number of rotatable bonds is 9. The number of halogens is 2. The normalized spacial score (nSPS) is 14.9. The van der Waals surface area contributed by atoms with Gasteiger partial charge in [0.15, 0.2) is 0 Å². The van der Waals surface area contributed by atoms with Gasteiger partial charge in [-0.25, -0.2) is 8.42 Å². The average molecular weight is 591 g/mol. The Bertz CT molecular complexity index is 1510. The van der Waals surface area contributed by atoms with E-state index in [2.05, 4.69) is 5.32 Å². The van der Waals surface area contributed by atoms with Crippen molar-refractivity contribution < 1.29 is 18.0 Å². The third kappa shape index (κ3) is 6.18. The highest BCUT2D eigenvalue weighted by Crippen LogP contribution is 2.42. The molecule has 1 N–H and O–H groups in total. The Kier molecular flexibility index (Phi) is 8.50. The fourth-order valence-corrected chi connectivity index (χ4v) is 6.99. The zero-order valence-electron chi connectivity index (χ0n) is 22.5. The number of carbonyl (C=O) groups excluding carboxylic acids is 2. The molecule has 1 atom stereocenters. The van der Waals surface area contributed by atoms with Crippen LogP contribution >= 0.6 is 23.2 Å². The smallest absolute Gasteiger partial charge is 0.265 e. The molecule has 0 spiro atoms. The minimum Gasteiger partial charge on any atom is -0.350 e. The molecule has 0 aromatic heterocycles. The van der Waals surface area contributed by atoms with Gasteiger partial charge in [0.05, 0.1) is 20.6 Å². The summed E-state index contributed by atoms with van der Waals surface area (Å²) >= 11 is 12.3. The highest BCUT2D eigenvalue weighted by atomic mass is 35.5. The van der Waals surface area contributed by atoms with Gasteiger partial charge in [-0.3, -0.25) is 13.9 Å². The van der Waals surface area contributed by atoms with Crippen LogP contribution < -0.4 is 9.62 Å². The van der Waals surface area contributed by atoms with Crippen molar-refractivity contribution in [1.29, 1.82) is 0 Å². The molecule has 1 aliphatic heterocycles. The summed E-state index contributed by atoms with van der Waals surface area (Å²) in [6, 6.07) is 15.2. The molecule has 0 aliphatic carbocycles. The minimum absolute atomic E-state index is 0.0684. The maximum absolute atomic E-state index is 13.6. The second kappa shape index (κ2) is 11.4. The summed E-state index contributed by atoms with van der Waals surface area (Å²) < 4.78 is 28.0. The van der Waals surface area contributed by atoms with E-state index in [0.29, 0.717) is 27.5 Å². The SMILES string of the molecule is CCC(C(=O)NC(C)(C)C)N(Cc1ccc(Cl)c(Cl)c1)C(=O)CCCN1c2cccc3cccc(c23)S1(=O)=O. The Hall–Kier alpha value is -2.81. The maximum Gasteiger partial charge on any atom is 0.265 e. The number of anilines is 1. The second-order valence-electron chi connectivity index (χ2n) is 10.7. The first-order chi connectivity index (χ1) is 18.3. The van der Waals surface area contributed by atoms with Crippen LogP contribution in [0.3, 0.4) is 0 Å². The number of nitrogens with one attached hydrogen (secondary N) is 1. The lowest BCUT2D eigenvalue weighted by Crippen LogP contribution is -2.53. The molecule has 10 heteroatoms. The van der Waals surface area contributed by atoms with E-state index in [0.717, 1.165) is 10.9 Å². The minimum atomic E-state index is -3.71. The van der Waals surface area contributed by atoms with Gasteiger partial charge in [-0.05, 0) is 68.8 Å². The molecule has 2 amide bonds. The van der Waals surface area contributed by atoms with Crippen molar-refractivity contribution >= 4 is 61.5 Å². The van der Waals surface area contributed by atoms with E-state index >= 15 is 0 Å². The summed E-state index contributed by atoms with van der Waals surface area (Å²) in [5.41, 5.74) is 0.895. The molecule has 208 valence electrons. The third-order valence-corrected chi connectivity index (χ3v) is 9.25. The Labute approximate surface area is 240 Å². The fraction of sp³-hybridized carbons (Fsp3) is 0.379. The summed E-state index contributed by atoms with van der Waals surface area (Å²) in [7, 11) is -3.71. The van der Waals surface area contributed by atoms with Crippen LogP contribution in [-0.4, -0.2) is 43.3 Å². The van der Waals surface area contributed by atoms with Crippen LogP contribution in [-0.2, 0) is 26.2 Å². The number of sulfonamides is 1. The first-order valence-electron chi connectivity index (χ1n) is 12.9. The first-order valence-corrected chi connectivity index (χ1v) is 15.1. The van der Waals surface area contributed by atoms with Gasteiger partial charge >= 0.3 is 0 Å². The Morgan fingerprint density at radius 3 is 2.36 bits per heavy atom. The van der Waals surface area contributed by atoms with Crippen molar-refractivity contribution in [3.63, 3.8) is 0 Å². The molecule has 0 saturated heterocycles. The van der Waals surface area contributed by atoms with Crippen molar-refractivity contribution in [3.05, 3.63) is 70.2 Å². The van der Waals surface area contributed by atoms with E-state index in [-0.39, 0.29) is 42.6 Å². The number of hydrogen-bond acceptors (Lipinski definition) is 4. The molecule has 4 rings (SSSR count). The molecule has 1 heterocycles. The molecule has 0 radical (unpaired) electrons. The van der Waals surface area contributed by atoms with Gasteiger partial charge in [0, 0.05) is 30.4 Å². The summed E-state index contributed by atoms with van der Waals surface area (Å²) in [5.74, 6) is -0.494. The molecule has 3 aromatic rings. The molecular formula is C29H33Cl2N3O4S. The van der Waals surface area contributed by atoms with E-state index in [1.54, 1.807) is 41.3 Å². The fourth-order valence-electron chi connectivity index (χ4n) is 4.92. The van der Waals surface area contributed by atoms with Crippen molar-refractivity contribution in [2.24, 2.45) is 0 Å². The predicted molar refractivity (Wildman–Crippen MR) is 157 cm³/mol. The Balaban J connectivity index is 1.54. The number of amides is 2. The van der Waals surface area contributed by atoms with Gasteiger partial charge in [-0.15, -0.1) is 0 Å². The highest BCUT2D eigenvalue weighted by Gasteiger charge is 2.36. The molecule has 0 bridgehead atoms. The molecular weight excluding hydrogens is 557 g/mol. The molecule has 7 nitrogen and oxygen atoms in total. The molecule has 1 aliphatic rings. The quantitative estimate of drug-likeness (QED) is 0.324. The van der Waals surface area contributed by atoms with Crippen LogP contribution in [0.1, 0.15) is 52.5 Å². The van der Waals surface area contributed by atoms with Crippen molar-refractivity contribution in [2.75, 3.05) is 10.8 Å². The molecule has 39 heavy (non-hydrogen) atoms. The van der Waals surface area contributed by atoms with Crippen molar-refractivity contribution in [3.8, 4) is 0 Å². The van der Waals surface area contributed by atoms with Crippen LogP contribution in [0.5, 0.6) is 0 Å². The average Bonchev–Trinajstić information content (AvgIpc) is 3.08. The summed E-state index contributed by atoms with van der Waals surface area (Å²) in [6.45, 7) is 7.83. The maximum atomic E-state index is 13.6. The van der Waals surface area contributed by atoms with Gasteiger partial charge in [-0.1, -0.05) is 60.5 Å². The van der Waals surface area contributed by atoms with Crippen LogP contribution in [0.4, 0.5) is 5.69 Å². The van der Waals surface area contributed by atoms with Gasteiger partial charge in [0.25, 0.3) is 10.0 Å². The summed E-state index contributed by atoms with van der Waals surface area (Å²) in [6.07, 6.45) is 0.767. The van der Waals surface area contributed by atoms with Crippen molar-refractivity contribution in [1.82, 2.24) is 10.2 Å². The van der Waals surface area contributed by atoms with Crippen LogP contribution in [0.15, 0.2) is 59.5 Å². The molecule has 0 saturated carbocycles. The molecule has 1 unspecified atom stereocenters. The second-order valence-corrected chi connectivity index (χ2v) is 13.4. The lowest BCUT2D eigenvalue weighted by molar-refractivity contribution is -0.142. The number of nitrogens with zero attached hydrogens (tertiary/aromatic N) is 2. The number of benzene rings is 3. The van der Waals surface area contributed by atoms with Crippen LogP contribution in [0, 0.1) is 0 Å². The van der Waals surface area contributed by atoms with Gasteiger partial charge in [-0.2, -0.15) is 0 Å². The van der Waals surface area contributed by atoms with E-state index in [1.165, 1.54) is 4.31 Å². The standard InChI is InChI=1S/C29H33Cl2N3O4S/c1-5-23(28(36)32-29(2,3)4)33(18-19-14-15-21(30)22(31)17-19)26(35)13-8-16-34-24-11-6-9-20-10-7-12-25(27(20)24)39(34,37)38/h6-7,9-12,14-15,17,23H,5,8,13,16,18H2,1-4H3,(H,32,36). The third-order valence-electron chi connectivity index (χ3n) is 6.65. The van der Waals surface area contributed by atoms with Crippen molar-refractivity contribution in [2.45, 2.75) is 70.0 Å². The van der Waals surface area contributed by atoms with Gasteiger partial charge in [0.2, 0.25) is 11.8 Å². The molecule has 3 aromatic carbocycles. The number of hydrogen-bond donors (Lipinski definition) is 1. The highest BCUT2D eigenvalue weighted by molar-refractivity contribution is 7.93. The van der Waals surface area contributed by atoms with E-state index in [4.69, 9.17) is 23.2 Å². The molecule has 0 fully saturated rings. The van der Waals surface area contributed by atoms with E-state index in [9.17, 15) is 18.0 Å². The largest absolute Gasteiger partial charge is 0.350 e. The zero-order valence-corrected chi connectivity index (χ0v) is 24.8. The Morgan fingerprint density at radius 2 is 1.72 bits per heavy atom. The number of carbonyl (C=O) groups is 2. The van der Waals surface area contributed by atoms with Crippen LogP contribution in [0.2, 0.25) is 10.0 Å². The zero-order chi connectivity index (χ0) is 28.5. The Morgan fingerprint density at radius 1 is 1.03 bits per heavy atom. The summed E-state index contributed by atoms with van der Waals surface area (Å²) in [4.78, 5) is 28.7. The van der Waals surface area contributed by atoms with Gasteiger partial charge < -0.3 is 10.2 Å². The monoisotopic (exact) mass is 589 g/mol. The predicted octanol–water partition coefficient (Wildman–Crippen LogP) is 6.16. The lowest BCUT2D eigenvalue weighted by Gasteiger charge is -2.33. The topological polar surface area (TPSA) is 86.8 Å². The van der Waals surface area contributed by atoms with E-state index < -0.39 is 21.6 Å². The first kappa shape index (κ1) is 29.2.